The average molecular weight is 451 g/mol. The number of benzene rings is 2. The minimum absolute atomic E-state index is 0.0285. The molecular formula is C27H30O6. The molecule has 2 aromatic rings. The zero-order valence-electron chi connectivity index (χ0n) is 19.3. The van der Waals surface area contributed by atoms with E-state index in [4.69, 9.17) is 14.2 Å². The molecule has 4 rings (SSSR count). The van der Waals surface area contributed by atoms with E-state index in [1.54, 1.807) is 20.8 Å². The van der Waals surface area contributed by atoms with Crippen LogP contribution in [0.4, 0.5) is 0 Å². The van der Waals surface area contributed by atoms with E-state index in [9.17, 15) is 14.7 Å². The lowest BCUT2D eigenvalue weighted by Gasteiger charge is -2.36. The number of esters is 2. The zero-order chi connectivity index (χ0) is 23.6. The van der Waals surface area contributed by atoms with Crippen molar-refractivity contribution < 1.29 is 28.9 Å². The minimum atomic E-state index is -1.19. The number of allylic oxidation sites excluding steroid dienone is 2. The highest BCUT2D eigenvalue weighted by Gasteiger charge is 2.42. The van der Waals surface area contributed by atoms with E-state index >= 15 is 0 Å². The number of fused-ring (bicyclic) bond motifs is 1. The molecule has 0 saturated carbocycles. The fourth-order valence-corrected chi connectivity index (χ4v) is 4.63. The number of phenols is 1. The van der Waals surface area contributed by atoms with Crippen LogP contribution < -0.4 is 4.74 Å². The lowest BCUT2D eigenvalue weighted by Crippen LogP contribution is -2.40. The average Bonchev–Trinajstić information content (AvgIpc) is 2.77. The van der Waals surface area contributed by atoms with Gasteiger partial charge in [0.15, 0.2) is 0 Å². The van der Waals surface area contributed by atoms with Crippen LogP contribution in [0.5, 0.6) is 11.5 Å². The molecule has 174 valence electrons. The molecule has 1 heterocycles. The minimum Gasteiger partial charge on any atom is -0.507 e. The van der Waals surface area contributed by atoms with Crippen LogP contribution in [0, 0.1) is 0 Å². The van der Waals surface area contributed by atoms with Crippen LogP contribution in [0.3, 0.4) is 0 Å². The first-order chi connectivity index (χ1) is 15.8. The largest absolute Gasteiger partial charge is 0.507 e. The van der Waals surface area contributed by atoms with Gasteiger partial charge in [0.05, 0.1) is 6.61 Å². The van der Waals surface area contributed by atoms with E-state index in [0.29, 0.717) is 29.7 Å². The number of carbonyl (C=O) groups is 2. The molecule has 2 aliphatic rings. The van der Waals surface area contributed by atoms with E-state index in [1.807, 2.05) is 36.4 Å². The van der Waals surface area contributed by atoms with Gasteiger partial charge in [-0.05, 0) is 50.2 Å². The van der Waals surface area contributed by atoms with E-state index in [-0.39, 0.29) is 29.4 Å². The van der Waals surface area contributed by atoms with Gasteiger partial charge in [-0.1, -0.05) is 42.5 Å². The quantitative estimate of drug-likeness (QED) is 0.465. The van der Waals surface area contributed by atoms with Crippen molar-refractivity contribution in [3.05, 3.63) is 70.3 Å². The van der Waals surface area contributed by atoms with Gasteiger partial charge >= 0.3 is 11.9 Å². The maximum absolute atomic E-state index is 13.3. The number of aryl methyl sites for hydroxylation is 1. The zero-order valence-corrected chi connectivity index (χ0v) is 19.3. The summed E-state index contributed by atoms with van der Waals surface area (Å²) in [6.07, 6.45) is 7.64. The molecule has 0 saturated heterocycles. The predicted octanol–water partition coefficient (Wildman–Crippen LogP) is 5.46. The third-order valence-electron chi connectivity index (χ3n) is 6.07. The van der Waals surface area contributed by atoms with Crippen LogP contribution in [0.25, 0.3) is 0 Å². The molecule has 1 aliphatic heterocycles. The Kier molecular flexibility index (Phi) is 6.45. The molecule has 0 aromatic heterocycles. The van der Waals surface area contributed by atoms with Crippen molar-refractivity contribution >= 4 is 11.9 Å². The molecule has 2 aromatic carbocycles. The second-order valence-corrected chi connectivity index (χ2v) is 8.88. The first-order valence-electron chi connectivity index (χ1n) is 11.5. The summed E-state index contributed by atoms with van der Waals surface area (Å²) in [6, 6.07) is 9.77. The molecule has 0 spiro atoms. The summed E-state index contributed by atoms with van der Waals surface area (Å²) >= 11 is 0. The number of phenolic OH excluding ortho intramolecular Hbond substituents is 1. The van der Waals surface area contributed by atoms with Crippen LogP contribution in [-0.2, 0) is 22.3 Å². The molecular weight excluding hydrogens is 420 g/mol. The third-order valence-corrected chi connectivity index (χ3v) is 6.07. The maximum Gasteiger partial charge on any atom is 0.345 e. The SMILES string of the molecule is CCOC(=O)c1c(O)c(C2C=CCCC2)c2c(c1CCc1ccccc1)C(=O)OC(C)(C)O2. The number of ether oxygens (including phenoxy) is 3. The van der Waals surface area contributed by atoms with E-state index in [2.05, 4.69) is 6.08 Å². The number of carbonyl (C=O) groups excluding carboxylic acids is 2. The first-order valence-corrected chi connectivity index (χ1v) is 11.5. The van der Waals surface area contributed by atoms with Gasteiger partial charge < -0.3 is 19.3 Å². The molecule has 33 heavy (non-hydrogen) atoms. The number of hydrogen-bond acceptors (Lipinski definition) is 6. The molecule has 6 heteroatoms. The van der Waals surface area contributed by atoms with Gasteiger partial charge in [-0.2, -0.15) is 0 Å². The Morgan fingerprint density at radius 2 is 1.94 bits per heavy atom. The Morgan fingerprint density at radius 3 is 2.61 bits per heavy atom. The van der Waals surface area contributed by atoms with Crippen LogP contribution in [0.15, 0.2) is 42.5 Å². The Bertz CT molecular complexity index is 1080. The van der Waals surface area contributed by atoms with Gasteiger partial charge in [0.2, 0.25) is 5.79 Å². The van der Waals surface area contributed by atoms with E-state index in [1.165, 1.54) is 0 Å². The Balaban J connectivity index is 1.94. The van der Waals surface area contributed by atoms with Crippen LogP contribution in [0.1, 0.15) is 83.4 Å². The summed E-state index contributed by atoms with van der Waals surface area (Å²) < 4.78 is 17.0. The van der Waals surface area contributed by atoms with Crippen molar-refractivity contribution in [3.8, 4) is 11.5 Å². The Labute approximate surface area is 194 Å². The topological polar surface area (TPSA) is 82.1 Å². The van der Waals surface area contributed by atoms with Crippen molar-refractivity contribution in [3.63, 3.8) is 0 Å². The molecule has 0 radical (unpaired) electrons. The second kappa shape index (κ2) is 9.30. The van der Waals surface area contributed by atoms with Gasteiger partial charge in [-0.15, -0.1) is 0 Å². The number of cyclic esters (lactones) is 1. The van der Waals surface area contributed by atoms with Gasteiger partial charge in [-0.3, -0.25) is 0 Å². The first kappa shape index (κ1) is 22.9. The molecule has 1 atom stereocenters. The van der Waals surface area contributed by atoms with Crippen molar-refractivity contribution in [2.75, 3.05) is 6.61 Å². The summed E-state index contributed by atoms with van der Waals surface area (Å²) in [4.78, 5) is 26.3. The van der Waals surface area contributed by atoms with Crippen molar-refractivity contribution in [1.29, 1.82) is 0 Å². The lowest BCUT2D eigenvalue weighted by molar-refractivity contribution is -0.128. The molecule has 0 fully saturated rings. The van der Waals surface area contributed by atoms with Gasteiger partial charge in [0, 0.05) is 25.3 Å². The fraction of sp³-hybridized carbons (Fsp3) is 0.407. The summed E-state index contributed by atoms with van der Waals surface area (Å²) in [7, 11) is 0. The highest BCUT2D eigenvalue weighted by molar-refractivity contribution is 6.04. The predicted molar refractivity (Wildman–Crippen MR) is 124 cm³/mol. The second-order valence-electron chi connectivity index (χ2n) is 8.88. The maximum atomic E-state index is 13.3. The monoisotopic (exact) mass is 450 g/mol. The molecule has 0 bridgehead atoms. The van der Waals surface area contributed by atoms with E-state index in [0.717, 1.165) is 24.8 Å². The Hall–Kier alpha value is -3.28. The van der Waals surface area contributed by atoms with Gasteiger partial charge in [-0.25, -0.2) is 9.59 Å². The molecule has 0 amide bonds. The normalized spacial score (nSPS) is 18.8. The Morgan fingerprint density at radius 1 is 1.18 bits per heavy atom. The number of rotatable bonds is 6. The fourth-order valence-electron chi connectivity index (χ4n) is 4.63. The number of hydrogen-bond donors (Lipinski definition) is 1. The van der Waals surface area contributed by atoms with Crippen LogP contribution >= 0.6 is 0 Å². The van der Waals surface area contributed by atoms with Gasteiger partial charge in [0.1, 0.15) is 22.6 Å². The lowest BCUT2D eigenvalue weighted by atomic mass is 9.82. The third kappa shape index (κ3) is 4.61. The van der Waals surface area contributed by atoms with Crippen molar-refractivity contribution in [1.82, 2.24) is 0 Å². The van der Waals surface area contributed by atoms with Gasteiger partial charge in [0.25, 0.3) is 0 Å². The summed E-state index contributed by atoms with van der Waals surface area (Å²) in [6.45, 7) is 5.18. The van der Waals surface area contributed by atoms with Crippen molar-refractivity contribution in [2.45, 2.75) is 64.6 Å². The van der Waals surface area contributed by atoms with Crippen LogP contribution in [-0.4, -0.2) is 29.4 Å². The van der Waals surface area contributed by atoms with Crippen molar-refractivity contribution in [2.24, 2.45) is 0 Å². The highest BCUT2D eigenvalue weighted by Crippen LogP contribution is 2.49. The summed E-state index contributed by atoms with van der Waals surface area (Å²) in [5.41, 5.74) is 2.14. The molecule has 6 nitrogen and oxygen atoms in total. The standard InChI is InChI=1S/C27H30O6/c1-4-31-25(29)21-19(16-15-17-11-7-5-8-12-17)22-24(32-27(2,3)33-26(22)30)20(23(21)28)18-13-9-6-10-14-18/h5,7-9,11-13,18,28H,4,6,10,14-16H2,1-3H3. The molecule has 1 unspecified atom stereocenters. The van der Waals surface area contributed by atoms with E-state index < -0.39 is 17.7 Å². The molecule has 1 aliphatic carbocycles. The summed E-state index contributed by atoms with van der Waals surface area (Å²) in [5, 5.41) is 11.5. The smallest absolute Gasteiger partial charge is 0.345 e. The molecule has 1 N–H and O–H groups in total. The van der Waals surface area contributed by atoms with Crippen LogP contribution in [0.2, 0.25) is 0 Å². The highest BCUT2D eigenvalue weighted by atomic mass is 16.7. The summed E-state index contributed by atoms with van der Waals surface area (Å²) in [5.74, 6) is -2.44. The number of aromatic hydroxyl groups is 1.